The van der Waals surface area contributed by atoms with Crippen LogP contribution in [0.4, 0.5) is 5.69 Å². The van der Waals surface area contributed by atoms with E-state index in [1.54, 1.807) is 0 Å². The van der Waals surface area contributed by atoms with Crippen molar-refractivity contribution in [1.82, 2.24) is 0 Å². The van der Waals surface area contributed by atoms with Gasteiger partial charge in [-0.15, -0.1) is 0 Å². The normalized spacial score (nSPS) is 12.1. The Bertz CT molecular complexity index is 537. The molecule has 2 aromatic carbocycles. The van der Waals surface area contributed by atoms with E-state index in [9.17, 15) is 4.21 Å². The molecule has 0 spiro atoms. The zero-order chi connectivity index (χ0) is 12.3. The van der Waals surface area contributed by atoms with Gasteiger partial charge in [0.15, 0.2) is 11.2 Å². The van der Waals surface area contributed by atoms with Gasteiger partial charge in [0.25, 0.3) is 0 Å². The standard InChI is InChI=1S/C13H14N2OS/c1-10-5-7-11(8-6-10)12-3-2-4-13(9-12)15-17(14)16/h2-9,15H,14H2,1H3. The van der Waals surface area contributed by atoms with Crippen molar-refractivity contribution in [3.05, 3.63) is 54.1 Å². The number of anilines is 1. The van der Waals surface area contributed by atoms with E-state index in [0.29, 0.717) is 0 Å². The Kier molecular flexibility index (Phi) is 3.56. The van der Waals surface area contributed by atoms with Crippen molar-refractivity contribution in [2.45, 2.75) is 6.92 Å². The monoisotopic (exact) mass is 246 g/mol. The number of nitrogens with two attached hydrogens (primary N) is 1. The van der Waals surface area contributed by atoms with Crippen molar-refractivity contribution >= 4 is 16.9 Å². The Morgan fingerprint density at radius 3 is 2.41 bits per heavy atom. The van der Waals surface area contributed by atoms with Crippen LogP contribution < -0.4 is 9.86 Å². The predicted octanol–water partition coefficient (Wildman–Crippen LogP) is 2.61. The maximum atomic E-state index is 10.9. The first-order valence-corrected chi connectivity index (χ1v) is 6.46. The van der Waals surface area contributed by atoms with Gasteiger partial charge in [0, 0.05) is 5.69 Å². The Morgan fingerprint density at radius 1 is 1.06 bits per heavy atom. The molecule has 2 aromatic rings. The summed E-state index contributed by atoms with van der Waals surface area (Å²) in [6.45, 7) is 2.05. The summed E-state index contributed by atoms with van der Waals surface area (Å²) in [5.74, 6) is 0. The third-order valence-corrected chi connectivity index (χ3v) is 2.90. The molecule has 0 aliphatic carbocycles. The van der Waals surface area contributed by atoms with Crippen LogP contribution in [0.2, 0.25) is 0 Å². The van der Waals surface area contributed by atoms with Gasteiger partial charge in [-0.25, -0.2) is 9.35 Å². The van der Waals surface area contributed by atoms with Crippen LogP contribution in [0.3, 0.4) is 0 Å². The number of hydrogen-bond donors (Lipinski definition) is 2. The highest BCUT2D eigenvalue weighted by atomic mass is 32.2. The minimum absolute atomic E-state index is 0.754. The summed E-state index contributed by atoms with van der Waals surface area (Å²) >= 11 is -1.53. The summed E-state index contributed by atoms with van der Waals surface area (Å²) in [5, 5.41) is 5.19. The average Bonchev–Trinajstić information content (AvgIpc) is 2.29. The highest BCUT2D eigenvalue weighted by molar-refractivity contribution is 7.84. The molecule has 0 fully saturated rings. The van der Waals surface area contributed by atoms with Gasteiger partial charge in [0.1, 0.15) is 0 Å². The Hall–Kier alpha value is -1.65. The van der Waals surface area contributed by atoms with Crippen LogP contribution in [-0.2, 0) is 11.2 Å². The lowest BCUT2D eigenvalue weighted by molar-refractivity contribution is 0.687. The third-order valence-electron chi connectivity index (χ3n) is 2.47. The van der Waals surface area contributed by atoms with Crippen molar-refractivity contribution in [1.29, 1.82) is 0 Å². The molecule has 2 rings (SSSR count). The van der Waals surface area contributed by atoms with E-state index in [-0.39, 0.29) is 0 Å². The van der Waals surface area contributed by atoms with Crippen LogP contribution in [0.5, 0.6) is 0 Å². The van der Waals surface area contributed by atoms with Crippen molar-refractivity contribution in [3.63, 3.8) is 0 Å². The molecule has 0 saturated heterocycles. The molecule has 0 aliphatic rings. The molecule has 1 atom stereocenters. The van der Waals surface area contributed by atoms with E-state index in [1.807, 2.05) is 24.3 Å². The first kappa shape index (κ1) is 11.8. The smallest absolute Gasteiger partial charge is 0.190 e. The SMILES string of the molecule is Cc1ccc(-c2cccc(NS(N)=O)c2)cc1. The van der Waals surface area contributed by atoms with Crippen LogP contribution in [-0.4, -0.2) is 4.21 Å². The molecule has 0 heterocycles. The molecule has 17 heavy (non-hydrogen) atoms. The minimum Gasteiger partial charge on any atom is -0.293 e. The molecule has 0 saturated carbocycles. The van der Waals surface area contributed by atoms with Gasteiger partial charge in [-0.3, -0.25) is 4.72 Å². The molecule has 0 bridgehead atoms. The Labute approximate surface area is 103 Å². The van der Waals surface area contributed by atoms with Gasteiger partial charge in [0.05, 0.1) is 0 Å². The number of hydrogen-bond acceptors (Lipinski definition) is 1. The topological polar surface area (TPSA) is 55.1 Å². The predicted molar refractivity (Wildman–Crippen MR) is 72.6 cm³/mol. The molecule has 0 radical (unpaired) electrons. The van der Waals surface area contributed by atoms with Crippen molar-refractivity contribution in [2.24, 2.45) is 5.14 Å². The van der Waals surface area contributed by atoms with Crippen LogP contribution >= 0.6 is 0 Å². The summed E-state index contributed by atoms with van der Waals surface area (Å²) in [4.78, 5) is 0. The van der Waals surface area contributed by atoms with Crippen LogP contribution in [0, 0.1) is 6.92 Å². The number of aryl methyl sites for hydroxylation is 1. The highest BCUT2D eigenvalue weighted by Gasteiger charge is 1.99. The first-order valence-electron chi connectivity index (χ1n) is 5.25. The van der Waals surface area contributed by atoms with E-state index in [4.69, 9.17) is 5.14 Å². The second-order valence-corrected chi connectivity index (χ2v) is 4.65. The zero-order valence-electron chi connectivity index (χ0n) is 9.51. The lowest BCUT2D eigenvalue weighted by Crippen LogP contribution is -2.12. The number of nitrogens with one attached hydrogen (secondary N) is 1. The fourth-order valence-corrected chi connectivity index (χ4v) is 1.98. The maximum absolute atomic E-state index is 10.9. The van der Waals surface area contributed by atoms with Gasteiger partial charge in [0.2, 0.25) is 0 Å². The molecular formula is C13H14N2OS. The summed E-state index contributed by atoms with van der Waals surface area (Å²) in [6, 6.07) is 15.9. The Morgan fingerprint density at radius 2 is 1.76 bits per heavy atom. The molecule has 0 aliphatic heterocycles. The van der Waals surface area contributed by atoms with Gasteiger partial charge in [-0.05, 0) is 30.2 Å². The van der Waals surface area contributed by atoms with Gasteiger partial charge in [-0.2, -0.15) is 0 Å². The van der Waals surface area contributed by atoms with Gasteiger partial charge >= 0.3 is 0 Å². The fourth-order valence-electron chi connectivity index (χ4n) is 1.62. The molecule has 1 unspecified atom stereocenters. The molecule has 4 heteroatoms. The second-order valence-electron chi connectivity index (χ2n) is 3.85. The van der Waals surface area contributed by atoms with E-state index in [1.165, 1.54) is 5.56 Å². The maximum Gasteiger partial charge on any atom is 0.190 e. The van der Waals surface area contributed by atoms with Crippen LogP contribution in [0.15, 0.2) is 48.5 Å². The molecular weight excluding hydrogens is 232 g/mol. The molecule has 0 amide bonds. The third kappa shape index (κ3) is 3.15. The highest BCUT2D eigenvalue weighted by Crippen LogP contribution is 2.22. The van der Waals surface area contributed by atoms with E-state index < -0.39 is 11.2 Å². The van der Waals surface area contributed by atoms with Crippen molar-refractivity contribution in [2.75, 3.05) is 4.72 Å². The summed E-state index contributed by atoms with van der Waals surface area (Å²) in [6.07, 6.45) is 0. The molecule has 3 N–H and O–H groups in total. The summed E-state index contributed by atoms with van der Waals surface area (Å²) in [7, 11) is 0. The van der Waals surface area contributed by atoms with E-state index >= 15 is 0 Å². The molecule has 3 nitrogen and oxygen atoms in total. The quantitative estimate of drug-likeness (QED) is 0.859. The van der Waals surface area contributed by atoms with E-state index in [2.05, 4.69) is 35.9 Å². The summed E-state index contributed by atoms with van der Waals surface area (Å²) in [5.41, 5.74) is 4.18. The van der Waals surface area contributed by atoms with Gasteiger partial charge in [-0.1, -0.05) is 42.0 Å². The fraction of sp³-hybridized carbons (Fsp3) is 0.0769. The number of benzene rings is 2. The number of rotatable bonds is 3. The largest absolute Gasteiger partial charge is 0.293 e. The molecule has 88 valence electrons. The molecule has 0 aromatic heterocycles. The van der Waals surface area contributed by atoms with Crippen LogP contribution in [0.1, 0.15) is 5.56 Å². The van der Waals surface area contributed by atoms with E-state index in [0.717, 1.165) is 16.8 Å². The lowest BCUT2D eigenvalue weighted by atomic mass is 10.0. The Balaban J connectivity index is 2.32. The average molecular weight is 246 g/mol. The summed E-state index contributed by atoms with van der Waals surface area (Å²) < 4.78 is 13.6. The van der Waals surface area contributed by atoms with Gasteiger partial charge < -0.3 is 0 Å². The second kappa shape index (κ2) is 5.12. The first-order chi connectivity index (χ1) is 8.15. The van der Waals surface area contributed by atoms with Crippen LogP contribution in [0.25, 0.3) is 11.1 Å². The lowest BCUT2D eigenvalue weighted by Gasteiger charge is -2.06. The van der Waals surface area contributed by atoms with Crippen molar-refractivity contribution < 1.29 is 4.21 Å². The minimum atomic E-state index is -1.53. The zero-order valence-corrected chi connectivity index (χ0v) is 10.3. The van der Waals surface area contributed by atoms with Crippen molar-refractivity contribution in [3.8, 4) is 11.1 Å².